The van der Waals surface area contributed by atoms with Gasteiger partial charge in [-0.2, -0.15) is 0 Å². The number of aliphatic carboxylic acids is 1. The third-order valence-electron chi connectivity index (χ3n) is 6.22. The maximum absolute atomic E-state index is 12.4. The van der Waals surface area contributed by atoms with Crippen LogP contribution in [-0.4, -0.2) is 51.0 Å². The average Bonchev–Trinajstić information content (AvgIpc) is 2.84. The van der Waals surface area contributed by atoms with Crippen molar-refractivity contribution in [2.24, 2.45) is 5.92 Å². The third kappa shape index (κ3) is 9.44. The van der Waals surface area contributed by atoms with Gasteiger partial charge in [-0.15, -0.1) is 0 Å². The second-order valence-electron chi connectivity index (χ2n) is 8.95. The molecule has 1 atom stereocenters. The van der Waals surface area contributed by atoms with Crippen LogP contribution in [0.5, 0.6) is 5.75 Å². The lowest BCUT2D eigenvalue weighted by Crippen LogP contribution is -2.43. The molecule has 0 spiro atoms. The van der Waals surface area contributed by atoms with Crippen molar-refractivity contribution < 1.29 is 23.1 Å². The summed E-state index contributed by atoms with van der Waals surface area (Å²) in [5, 5.41) is 12.9. The number of benzene rings is 2. The van der Waals surface area contributed by atoms with Gasteiger partial charge in [0, 0.05) is 0 Å². The van der Waals surface area contributed by atoms with Crippen molar-refractivity contribution in [1.82, 2.24) is 10.0 Å². The first kappa shape index (κ1) is 26.2. The summed E-state index contributed by atoms with van der Waals surface area (Å²) in [5.41, 5.74) is 1.62. The van der Waals surface area contributed by atoms with E-state index in [1.54, 1.807) is 12.1 Å². The molecule has 1 fully saturated rings. The summed E-state index contributed by atoms with van der Waals surface area (Å²) in [6, 6.07) is 15.2. The van der Waals surface area contributed by atoms with E-state index < -0.39 is 22.0 Å². The highest BCUT2D eigenvalue weighted by Gasteiger charge is 2.24. The van der Waals surface area contributed by atoms with Crippen LogP contribution in [0.1, 0.15) is 43.2 Å². The van der Waals surface area contributed by atoms with Gasteiger partial charge in [-0.1, -0.05) is 48.9 Å². The minimum atomic E-state index is -3.74. The minimum Gasteiger partial charge on any atom is -0.494 e. The van der Waals surface area contributed by atoms with Gasteiger partial charge >= 0.3 is 5.97 Å². The normalized spacial score (nSPS) is 15.6. The molecule has 8 heteroatoms. The van der Waals surface area contributed by atoms with E-state index >= 15 is 0 Å². The Morgan fingerprint density at radius 3 is 2.41 bits per heavy atom. The molecule has 0 amide bonds. The molecule has 2 aromatic carbocycles. The number of piperidine rings is 1. The molecule has 3 N–H and O–H groups in total. The molecule has 0 aromatic heterocycles. The zero-order valence-electron chi connectivity index (χ0n) is 19.6. The van der Waals surface area contributed by atoms with Gasteiger partial charge in [-0.05, 0) is 80.8 Å². The quantitative estimate of drug-likeness (QED) is 0.352. The molecule has 2 aromatic rings. The van der Waals surface area contributed by atoms with Gasteiger partial charge in [-0.25, -0.2) is 13.1 Å². The maximum Gasteiger partial charge on any atom is 0.322 e. The number of rotatable bonds is 14. The van der Waals surface area contributed by atoms with E-state index in [1.807, 2.05) is 42.5 Å². The lowest BCUT2D eigenvalue weighted by Gasteiger charge is -2.22. The van der Waals surface area contributed by atoms with E-state index in [1.165, 1.54) is 19.3 Å². The first-order valence-electron chi connectivity index (χ1n) is 12.1. The molecule has 0 bridgehead atoms. The number of carbonyl (C=O) groups is 1. The van der Waals surface area contributed by atoms with Crippen molar-refractivity contribution >= 4 is 16.0 Å². The molecule has 0 aliphatic carbocycles. The van der Waals surface area contributed by atoms with E-state index in [0.717, 1.165) is 48.7 Å². The Balaban J connectivity index is 1.41. The number of unbranched alkanes of at least 4 members (excludes halogenated alkanes) is 1. The van der Waals surface area contributed by atoms with Crippen LogP contribution in [0.4, 0.5) is 0 Å². The molecule has 0 unspecified atom stereocenters. The fourth-order valence-corrected chi connectivity index (χ4v) is 5.44. The van der Waals surface area contributed by atoms with Crippen LogP contribution in [0.15, 0.2) is 54.6 Å². The first-order valence-corrected chi connectivity index (χ1v) is 13.8. The Kier molecular flexibility index (Phi) is 10.4. The summed E-state index contributed by atoms with van der Waals surface area (Å²) in [6.07, 6.45) is 6.35. The number of carboxylic acids is 1. The molecule has 186 valence electrons. The molecule has 1 aliphatic heterocycles. The van der Waals surface area contributed by atoms with E-state index in [9.17, 15) is 18.3 Å². The van der Waals surface area contributed by atoms with Crippen LogP contribution < -0.4 is 14.8 Å². The van der Waals surface area contributed by atoms with Crippen LogP contribution in [0.2, 0.25) is 0 Å². The van der Waals surface area contributed by atoms with Gasteiger partial charge < -0.3 is 15.2 Å². The average molecular weight is 489 g/mol. The second kappa shape index (κ2) is 13.5. The summed E-state index contributed by atoms with van der Waals surface area (Å²) < 4.78 is 33.0. The highest BCUT2D eigenvalue weighted by atomic mass is 32.2. The Morgan fingerprint density at radius 2 is 1.74 bits per heavy atom. The number of hydrogen-bond acceptors (Lipinski definition) is 5. The Labute approximate surface area is 203 Å². The fraction of sp³-hybridized carbons (Fsp3) is 0.500. The molecule has 1 aliphatic rings. The number of sulfonamides is 1. The monoisotopic (exact) mass is 488 g/mol. The lowest BCUT2D eigenvalue weighted by molar-refractivity contribution is -0.138. The Hall–Kier alpha value is -2.42. The van der Waals surface area contributed by atoms with E-state index in [-0.39, 0.29) is 12.2 Å². The van der Waals surface area contributed by atoms with Gasteiger partial charge in [0.25, 0.3) is 0 Å². The maximum atomic E-state index is 12.4. The van der Waals surface area contributed by atoms with E-state index in [4.69, 9.17) is 4.74 Å². The van der Waals surface area contributed by atoms with Crippen molar-refractivity contribution in [3.63, 3.8) is 0 Å². The SMILES string of the molecule is O=C(O)[C@H](Cc1ccc(OCCCCC2CCNCC2)cc1)NS(=O)(=O)CCc1ccccc1. The zero-order valence-corrected chi connectivity index (χ0v) is 20.4. The zero-order chi connectivity index (χ0) is 24.2. The predicted molar refractivity (Wildman–Crippen MR) is 134 cm³/mol. The van der Waals surface area contributed by atoms with Crippen LogP contribution in [0, 0.1) is 5.92 Å². The van der Waals surface area contributed by atoms with Crippen LogP contribution >= 0.6 is 0 Å². The lowest BCUT2D eigenvalue weighted by atomic mass is 9.93. The number of ether oxygens (including phenoxy) is 1. The first-order chi connectivity index (χ1) is 16.4. The number of nitrogens with one attached hydrogen (secondary N) is 2. The van der Waals surface area contributed by atoms with Gasteiger partial charge in [-0.3, -0.25) is 4.79 Å². The van der Waals surface area contributed by atoms with Gasteiger partial charge in [0.1, 0.15) is 11.8 Å². The topological polar surface area (TPSA) is 105 Å². The summed E-state index contributed by atoms with van der Waals surface area (Å²) >= 11 is 0. The minimum absolute atomic E-state index is 0.0659. The third-order valence-corrected chi connectivity index (χ3v) is 7.60. The molecule has 1 heterocycles. The molecule has 3 rings (SSSR count). The molecule has 7 nitrogen and oxygen atoms in total. The van der Waals surface area contributed by atoms with Gasteiger partial charge in [0.15, 0.2) is 0 Å². The standard InChI is InChI=1S/C26H36N2O5S/c29-26(30)25(28-34(31,32)19-15-21-6-2-1-3-7-21)20-23-9-11-24(12-10-23)33-18-5-4-8-22-13-16-27-17-14-22/h1-3,6-7,9-12,22,25,27-28H,4-5,8,13-20H2,(H,29,30)/t25-/m0/s1. The summed E-state index contributed by atoms with van der Waals surface area (Å²) in [7, 11) is -3.74. The molecule has 1 saturated heterocycles. The number of hydrogen-bond donors (Lipinski definition) is 3. The number of carboxylic acid groups (broad SMARTS) is 1. The molecule has 0 saturated carbocycles. The predicted octanol–water partition coefficient (Wildman–Crippen LogP) is 3.39. The van der Waals surface area contributed by atoms with Crippen molar-refractivity contribution in [3.8, 4) is 5.75 Å². The Bertz CT molecular complexity index is 974. The van der Waals surface area contributed by atoms with Crippen LogP contribution in [-0.2, 0) is 27.7 Å². The molecular formula is C26H36N2O5S. The largest absolute Gasteiger partial charge is 0.494 e. The molecular weight excluding hydrogens is 452 g/mol. The van der Waals surface area contributed by atoms with Crippen molar-refractivity contribution in [3.05, 3.63) is 65.7 Å². The number of aryl methyl sites for hydroxylation is 1. The smallest absolute Gasteiger partial charge is 0.322 e. The van der Waals surface area contributed by atoms with Crippen LogP contribution in [0.25, 0.3) is 0 Å². The highest BCUT2D eigenvalue weighted by Crippen LogP contribution is 2.19. The summed E-state index contributed by atoms with van der Waals surface area (Å²) in [6.45, 7) is 2.92. The fourth-order valence-electron chi connectivity index (χ4n) is 4.20. The Morgan fingerprint density at radius 1 is 1.03 bits per heavy atom. The van der Waals surface area contributed by atoms with Crippen molar-refractivity contribution in [2.75, 3.05) is 25.4 Å². The van der Waals surface area contributed by atoms with Crippen molar-refractivity contribution in [2.45, 2.75) is 51.0 Å². The summed E-state index contributed by atoms with van der Waals surface area (Å²) in [5.74, 6) is 0.211. The highest BCUT2D eigenvalue weighted by molar-refractivity contribution is 7.89. The van der Waals surface area contributed by atoms with Crippen LogP contribution in [0.3, 0.4) is 0 Å². The molecule has 0 radical (unpaired) electrons. The second-order valence-corrected chi connectivity index (χ2v) is 10.8. The van der Waals surface area contributed by atoms with E-state index in [0.29, 0.717) is 13.0 Å². The van der Waals surface area contributed by atoms with E-state index in [2.05, 4.69) is 10.0 Å². The van der Waals surface area contributed by atoms with Crippen molar-refractivity contribution in [1.29, 1.82) is 0 Å². The van der Waals surface area contributed by atoms with Gasteiger partial charge in [0.05, 0.1) is 12.4 Å². The summed E-state index contributed by atoms with van der Waals surface area (Å²) in [4.78, 5) is 11.7. The van der Waals surface area contributed by atoms with Gasteiger partial charge in [0.2, 0.25) is 10.0 Å². The molecule has 34 heavy (non-hydrogen) atoms.